The Morgan fingerprint density at radius 1 is 0.814 bits per heavy atom. The second-order valence-corrected chi connectivity index (χ2v) is 11.9. The smallest absolute Gasteiger partial charge is 0.276 e. The number of pyridine rings is 2. The van der Waals surface area contributed by atoms with Crippen LogP contribution in [-0.2, 0) is 32.7 Å². The maximum Gasteiger partial charge on any atom is 0.276 e. The van der Waals surface area contributed by atoms with E-state index >= 15 is 0 Å². The second kappa shape index (κ2) is 24.7. The largest absolute Gasteiger partial charge is 0.410 e. The summed E-state index contributed by atoms with van der Waals surface area (Å²) in [5.41, 5.74) is 4.68. The Labute approximate surface area is 374 Å². The summed E-state index contributed by atoms with van der Waals surface area (Å²) in [5, 5.41) is 15.3. The van der Waals surface area contributed by atoms with Crippen molar-refractivity contribution < 1.29 is 37.9 Å². The van der Waals surface area contributed by atoms with Gasteiger partial charge in [0, 0.05) is 76.3 Å². The molecule has 303 valence electrons. The Hall–Kier alpha value is -6.06. The second-order valence-electron chi connectivity index (χ2n) is 11.5. The fraction of sp³-hybridized carbons (Fsp3) is 0.119. The Morgan fingerprint density at radius 2 is 1.32 bits per heavy atom. The van der Waals surface area contributed by atoms with E-state index in [1.807, 2.05) is 89.3 Å². The Balaban J connectivity index is 0.000000325. The van der Waals surface area contributed by atoms with Crippen LogP contribution < -0.4 is 9.80 Å². The van der Waals surface area contributed by atoms with Crippen molar-refractivity contribution in [3.8, 4) is 35.2 Å². The van der Waals surface area contributed by atoms with Crippen LogP contribution in [0.1, 0.15) is 39.8 Å². The van der Waals surface area contributed by atoms with E-state index in [0.29, 0.717) is 51.4 Å². The molecule has 59 heavy (non-hydrogen) atoms. The van der Waals surface area contributed by atoms with Crippen molar-refractivity contribution in [2.24, 2.45) is 19.3 Å². The molecule has 0 fully saturated rings. The number of hydrogen-bond donors (Lipinski definition) is 1. The van der Waals surface area contributed by atoms with Crippen molar-refractivity contribution in [2.75, 3.05) is 23.9 Å². The summed E-state index contributed by atoms with van der Waals surface area (Å²) in [7, 11) is 6.87. The molecular formula is C42H41ClIN10O4V-. The molecule has 0 atom stereocenters. The maximum absolute atomic E-state index is 12.8. The number of aromatic nitrogens is 7. The summed E-state index contributed by atoms with van der Waals surface area (Å²) in [4.78, 5) is 47.7. The number of anilines is 2. The van der Waals surface area contributed by atoms with Gasteiger partial charge in [0.1, 0.15) is 17.1 Å². The summed E-state index contributed by atoms with van der Waals surface area (Å²) in [6.45, 7) is 0. The van der Waals surface area contributed by atoms with E-state index in [9.17, 15) is 9.59 Å². The van der Waals surface area contributed by atoms with E-state index in [-0.39, 0.29) is 43.0 Å². The maximum atomic E-state index is 12.8. The van der Waals surface area contributed by atoms with E-state index < -0.39 is 0 Å². The van der Waals surface area contributed by atoms with Gasteiger partial charge in [0.25, 0.3) is 11.8 Å². The third-order valence-corrected chi connectivity index (χ3v) is 8.41. The standard InChI is InChI=1S/C20H17N5O2.C13H12N4O.C7H6ClNO.CH2I.CH4.V/c1-24(15-9-6-10-21-12-15)20(26)17-13-22-19(25(17)2)18-11-16(23-27-18)14-7-4-3-5-8-14;1-4-12-15-9-11(17(12)3)13(18)16(2)10-6-5-7-14-8-10;8-7(9-10)6-4-2-1-3-5-6;1-2;;/h3-13H,1-2H3;1,5-9H,2-3H3;1-5,10H;1H2;1H4;/q;;;-1;;. The fourth-order valence-corrected chi connectivity index (χ4v) is 5.15. The summed E-state index contributed by atoms with van der Waals surface area (Å²) in [6, 6.07) is 27.8. The van der Waals surface area contributed by atoms with Gasteiger partial charge in [-0.25, -0.2) is 9.97 Å². The minimum atomic E-state index is -0.188. The molecule has 7 aromatic rings. The van der Waals surface area contributed by atoms with Gasteiger partial charge in [0.05, 0.1) is 36.2 Å². The molecule has 0 aliphatic rings. The summed E-state index contributed by atoms with van der Waals surface area (Å²) in [5.74, 6) is 3.51. The van der Waals surface area contributed by atoms with Crippen molar-refractivity contribution in [1.29, 1.82) is 0 Å². The molecule has 0 bridgehead atoms. The van der Waals surface area contributed by atoms with Crippen molar-refractivity contribution in [2.45, 2.75) is 7.43 Å². The van der Waals surface area contributed by atoms with E-state index in [0.717, 1.165) is 5.56 Å². The van der Waals surface area contributed by atoms with Crippen molar-refractivity contribution >= 4 is 62.6 Å². The van der Waals surface area contributed by atoms with Gasteiger partial charge in [0.2, 0.25) is 5.76 Å². The molecule has 0 saturated carbocycles. The molecule has 0 spiro atoms. The number of carbonyl (C=O) groups is 2. The van der Waals surface area contributed by atoms with Crippen LogP contribution in [0.4, 0.5) is 11.4 Å². The fourth-order valence-electron chi connectivity index (χ4n) is 5.02. The average molecular weight is 963 g/mol. The van der Waals surface area contributed by atoms with Crippen LogP contribution in [0, 0.1) is 17.3 Å². The SMILES string of the molecule is C.C#Cc1ncc(C(=O)N(C)c2cccnc2)n1C.CN(C(=O)c1cnc(-c2cc(-c3ccccc3)no2)n1C)c1cccnc1.ON=C(Cl)c1ccccc1.[CH2-]I.[V]. The van der Waals surface area contributed by atoms with Crippen LogP contribution in [0.3, 0.4) is 0 Å². The molecule has 1 radical (unpaired) electrons. The Bertz CT molecular complexity index is 2420. The number of oxime groups is 1. The van der Waals surface area contributed by atoms with Crippen LogP contribution >= 0.6 is 34.2 Å². The first kappa shape index (κ1) is 49.1. The first-order valence-electron chi connectivity index (χ1n) is 16.7. The normalized spacial score (nSPS) is 9.97. The van der Waals surface area contributed by atoms with Crippen LogP contribution in [0.15, 0.2) is 138 Å². The first-order chi connectivity index (χ1) is 27.6. The molecule has 1 N–H and O–H groups in total. The van der Waals surface area contributed by atoms with Crippen LogP contribution in [0.5, 0.6) is 0 Å². The van der Waals surface area contributed by atoms with Gasteiger partial charge >= 0.3 is 0 Å². The molecule has 17 heteroatoms. The minimum absolute atomic E-state index is 0. The molecule has 7 rings (SSSR count). The molecule has 0 aliphatic heterocycles. The molecule has 5 heterocycles. The van der Waals surface area contributed by atoms with Crippen LogP contribution in [0.25, 0.3) is 22.8 Å². The predicted molar refractivity (Wildman–Crippen MR) is 236 cm³/mol. The average Bonchev–Trinajstić information content (AvgIpc) is 4.03. The monoisotopic (exact) mass is 962 g/mol. The molecule has 14 nitrogen and oxygen atoms in total. The van der Waals surface area contributed by atoms with Gasteiger partial charge in [-0.1, -0.05) is 90.0 Å². The summed E-state index contributed by atoms with van der Waals surface area (Å²) >= 11 is 7.39. The van der Waals surface area contributed by atoms with Gasteiger partial charge in [-0.3, -0.25) is 24.5 Å². The zero-order chi connectivity index (χ0) is 41.3. The third kappa shape index (κ3) is 12.7. The number of amides is 2. The topological polar surface area (TPSA) is 161 Å². The van der Waals surface area contributed by atoms with E-state index in [1.165, 1.54) is 22.2 Å². The number of benzene rings is 2. The van der Waals surface area contributed by atoms with Gasteiger partial charge < -0.3 is 51.3 Å². The predicted octanol–water partition coefficient (Wildman–Crippen LogP) is 8.39. The summed E-state index contributed by atoms with van der Waals surface area (Å²) in [6.07, 6.45) is 14.9. The van der Waals surface area contributed by atoms with Gasteiger partial charge in [0.15, 0.2) is 16.8 Å². The molecular weight excluding hydrogens is 922 g/mol. The number of terminal acetylenes is 1. The minimum Gasteiger partial charge on any atom is -0.410 e. The van der Waals surface area contributed by atoms with Crippen molar-refractivity contribution in [3.63, 3.8) is 0 Å². The first-order valence-corrected chi connectivity index (χ1v) is 18.6. The molecule has 2 amide bonds. The Morgan fingerprint density at radius 3 is 1.80 bits per heavy atom. The zero-order valence-electron chi connectivity index (χ0n) is 31.8. The van der Waals surface area contributed by atoms with E-state index in [4.69, 9.17) is 27.8 Å². The number of halogens is 2. The zero-order valence-corrected chi connectivity index (χ0v) is 36.1. The van der Waals surface area contributed by atoms with Crippen LogP contribution in [0.2, 0.25) is 0 Å². The Kier molecular flexibility index (Phi) is 20.5. The van der Waals surface area contributed by atoms with E-state index in [1.54, 1.807) is 86.4 Å². The summed E-state index contributed by atoms with van der Waals surface area (Å²) < 4.78 is 8.75. The molecule has 2 aromatic carbocycles. The molecule has 5 aromatic heterocycles. The number of nitrogens with zero attached hydrogens (tertiary/aromatic N) is 10. The number of imidazole rings is 2. The van der Waals surface area contributed by atoms with E-state index in [2.05, 4.69) is 41.1 Å². The number of rotatable bonds is 7. The van der Waals surface area contributed by atoms with Crippen LogP contribution in [-0.4, -0.2) is 70.5 Å². The quantitative estimate of drug-likeness (QED) is 0.0413. The van der Waals surface area contributed by atoms with Gasteiger partial charge in [-0.2, -0.15) is 0 Å². The number of carbonyl (C=O) groups excluding carboxylic acids is 2. The molecule has 0 saturated heterocycles. The van der Waals surface area contributed by atoms with Gasteiger partial charge in [-0.05, 0) is 30.2 Å². The molecule has 0 aliphatic carbocycles. The van der Waals surface area contributed by atoms with Crippen molar-refractivity contribution in [3.05, 3.63) is 156 Å². The number of hydrogen-bond acceptors (Lipinski definition) is 10. The van der Waals surface area contributed by atoms with Crippen molar-refractivity contribution in [1.82, 2.24) is 34.2 Å². The third-order valence-electron chi connectivity index (χ3n) is 8.12. The molecule has 0 unspecified atom stereocenters. The van der Waals surface area contributed by atoms with Gasteiger partial charge in [-0.15, -0.1) is 6.42 Å².